The van der Waals surface area contributed by atoms with Crippen LogP contribution < -0.4 is 0 Å². The molecule has 3 aliphatic rings. The summed E-state index contributed by atoms with van der Waals surface area (Å²) in [5.41, 5.74) is 0. The molecule has 0 aliphatic carbocycles. The van der Waals surface area contributed by atoms with Crippen LogP contribution in [0.5, 0.6) is 0 Å². The van der Waals surface area contributed by atoms with Crippen molar-refractivity contribution in [1.82, 2.24) is 4.90 Å². The van der Waals surface area contributed by atoms with E-state index in [1.807, 2.05) is 0 Å². The van der Waals surface area contributed by atoms with E-state index < -0.39 is 0 Å². The van der Waals surface area contributed by atoms with E-state index in [0.717, 1.165) is 32.4 Å². The zero-order valence-corrected chi connectivity index (χ0v) is 10.7. The van der Waals surface area contributed by atoms with Gasteiger partial charge in [-0.05, 0) is 24.7 Å². The fraction of sp³-hybridized carbons (Fsp3) is 0.786. The monoisotopic (exact) mass is 237 g/mol. The summed E-state index contributed by atoms with van der Waals surface area (Å²) in [7, 11) is 0. The van der Waals surface area contributed by atoms with Crippen LogP contribution in [0, 0.1) is 11.8 Å². The second-order valence-electron chi connectivity index (χ2n) is 5.23. The average molecular weight is 237 g/mol. The van der Waals surface area contributed by atoms with Gasteiger partial charge in [-0.25, -0.2) is 0 Å². The van der Waals surface area contributed by atoms with Crippen molar-refractivity contribution >= 4 is 5.97 Å². The zero-order chi connectivity index (χ0) is 12.3. The van der Waals surface area contributed by atoms with E-state index in [9.17, 15) is 4.79 Å². The third-order valence-electron chi connectivity index (χ3n) is 4.05. The molecule has 0 aromatic heterocycles. The van der Waals surface area contributed by atoms with Crippen molar-refractivity contribution in [2.75, 3.05) is 13.1 Å². The van der Waals surface area contributed by atoms with E-state index in [2.05, 4.69) is 24.5 Å². The highest BCUT2D eigenvalue weighted by Gasteiger charge is 2.40. The smallest absolute Gasteiger partial charge is 0.307 e. The summed E-state index contributed by atoms with van der Waals surface area (Å²) < 4.78 is 5.57. The van der Waals surface area contributed by atoms with Gasteiger partial charge in [0.2, 0.25) is 0 Å². The molecule has 3 aliphatic heterocycles. The molecule has 0 N–H and O–H groups in total. The van der Waals surface area contributed by atoms with E-state index in [4.69, 9.17) is 4.74 Å². The number of esters is 1. The molecule has 3 heterocycles. The van der Waals surface area contributed by atoms with Gasteiger partial charge >= 0.3 is 5.97 Å². The Kier molecular flexibility index (Phi) is 4.21. The molecule has 0 amide bonds. The molecule has 0 spiro atoms. The number of carbonyl (C=O) groups excluding carboxylic acids is 1. The molecule has 0 saturated carbocycles. The summed E-state index contributed by atoms with van der Waals surface area (Å²) >= 11 is 0. The topological polar surface area (TPSA) is 29.5 Å². The van der Waals surface area contributed by atoms with Gasteiger partial charge in [0.15, 0.2) is 6.23 Å². The number of unbranched alkanes of at least 4 members (excludes halogenated alkanes) is 1. The molecule has 4 unspecified atom stereocenters. The molecule has 2 bridgehead atoms. The quantitative estimate of drug-likeness (QED) is 0.543. The van der Waals surface area contributed by atoms with Gasteiger partial charge in [0.05, 0.1) is 0 Å². The summed E-state index contributed by atoms with van der Waals surface area (Å²) in [5, 5.41) is 0. The molecule has 0 aromatic carbocycles. The van der Waals surface area contributed by atoms with Crippen molar-refractivity contribution in [3.05, 3.63) is 12.7 Å². The molecule has 4 atom stereocenters. The number of ether oxygens (including phenoxy) is 1. The first-order chi connectivity index (χ1) is 8.24. The van der Waals surface area contributed by atoms with Crippen molar-refractivity contribution in [1.29, 1.82) is 0 Å². The lowest BCUT2D eigenvalue weighted by Crippen LogP contribution is -2.54. The molecule has 3 fully saturated rings. The van der Waals surface area contributed by atoms with Gasteiger partial charge in [-0.2, -0.15) is 0 Å². The summed E-state index contributed by atoms with van der Waals surface area (Å²) in [6.07, 6.45) is 6.86. The van der Waals surface area contributed by atoms with Crippen LogP contribution in [0.25, 0.3) is 0 Å². The highest BCUT2D eigenvalue weighted by Crippen LogP contribution is 2.37. The minimum atomic E-state index is -0.0282. The zero-order valence-electron chi connectivity index (χ0n) is 10.7. The first kappa shape index (κ1) is 12.6. The molecule has 3 heteroatoms. The fourth-order valence-corrected chi connectivity index (χ4v) is 2.94. The molecule has 17 heavy (non-hydrogen) atoms. The van der Waals surface area contributed by atoms with Gasteiger partial charge in [-0.1, -0.05) is 19.4 Å². The normalized spacial score (nSPS) is 35.6. The number of piperidine rings is 3. The summed E-state index contributed by atoms with van der Waals surface area (Å²) in [5.74, 6) is 1.23. The number of fused-ring (bicyclic) bond motifs is 3. The highest BCUT2D eigenvalue weighted by molar-refractivity contribution is 5.69. The Balaban J connectivity index is 1.84. The van der Waals surface area contributed by atoms with E-state index in [0.29, 0.717) is 18.3 Å². The maximum Gasteiger partial charge on any atom is 0.307 e. The van der Waals surface area contributed by atoms with E-state index in [1.54, 1.807) is 0 Å². The van der Waals surface area contributed by atoms with Gasteiger partial charge in [-0.15, -0.1) is 6.58 Å². The number of carbonyl (C=O) groups is 1. The van der Waals surface area contributed by atoms with Crippen LogP contribution in [0.1, 0.15) is 39.0 Å². The van der Waals surface area contributed by atoms with Crippen LogP contribution >= 0.6 is 0 Å². The lowest BCUT2D eigenvalue weighted by Gasteiger charge is -2.48. The molecule has 0 aromatic rings. The number of nitrogens with zero attached hydrogens (tertiary/aromatic N) is 1. The van der Waals surface area contributed by atoms with Gasteiger partial charge in [0, 0.05) is 25.9 Å². The minimum absolute atomic E-state index is 0.0282. The van der Waals surface area contributed by atoms with Crippen LogP contribution in [0.3, 0.4) is 0 Å². The molecular weight excluding hydrogens is 214 g/mol. The summed E-state index contributed by atoms with van der Waals surface area (Å²) in [6, 6.07) is 0. The fourth-order valence-electron chi connectivity index (χ4n) is 2.94. The van der Waals surface area contributed by atoms with Crippen molar-refractivity contribution in [2.24, 2.45) is 11.8 Å². The third kappa shape index (κ3) is 2.89. The van der Waals surface area contributed by atoms with Crippen molar-refractivity contribution in [3.8, 4) is 0 Å². The summed E-state index contributed by atoms with van der Waals surface area (Å²) in [4.78, 5) is 13.9. The highest BCUT2D eigenvalue weighted by atomic mass is 16.6. The van der Waals surface area contributed by atoms with E-state index in [1.165, 1.54) is 6.42 Å². The van der Waals surface area contributed by atoms with Crippen molar-refractivity contribution < 1.29 is 9.53 Å². The predicted molar refractivity (Wildman–Crippen MR) is 67.4 cm³/mol. The first-order valence-corrected chi connectivity index (χ1v) is 6.80. The van der Waals surface area contributed by atoms with Gasteiger partial charge < -0.3 is 4.74 Å². The Bertz CT molecular complexity index is 290. The standard InChI is InChI=1S/C14H23NO2/c1-3-5-6-14(16)17-13-9-12-7-8-15(13)10-11(12)4-2/h4,11-13H,2-3,5-10H2,1H3. The first-order valence-electron chi connectivity index (χ1n) is 6.80. The van der Waals surface area contributed by atoms with Crippen LogP contribution in [0.15, 0.2) is 12.7 Å². The minimum Gasteiger partial charge on any atom is -0.446 e. The Morgan fingerprint density at radius 2 is 2.41 bits per heavy atom. The maximum atomic E-state index is 11.6. The Labute approximate surface area is 104 Å². The lowest BCUT2D eigenvalue weighted by atomic mass is 9.78. The SMILES string of the molecule is C=CC1CN2CCC1CC2OC(=O)CCCC. The Hall–Kier alpha value is -0.830. The third-order valence-corrected chi connectivity index (χ3v) is 4.05. The number of rotatable bonds is 5. The van der Waals surface area contributed by atoms with Crippen LogP contribution in [0.4, 0.5) is 0 Å². The molecule has 0 radical (unpaired) electrons. The van der Waals surface area contributed by atoms with Crippen LogP contribution in [0.2, 0.25) is 0 Å². The van der Waals surface area contributed by atoms with Crippen LogP contribution in [-0.4, -0.2) is 30.2 Å². The number of hydrogen-bond acceptors (Lipinski definition) is 3. The maximum absolute atomic E-state index is 11.6. The van der Waals surface area contributed by atoms with Crippen LogP contribution in [-0.2, 0) is 9.53 Å². The van der Waals surface area contributed by atoms with Gasteiger partial charge in [0.1, 0.15) is 0 Å². The second-order valence-corrected chi connectivity index (χ2v) is 5.23. The Morgan fingerprint density at radius 1 is 1.59 bits per heavy atom. The number of hydrogen-bond donors (Lipinski definition) is 0. The lowest BCUT2D eigenvalue weighted by molar-refractivity contribution is -0.173. The van der Waals surface area contributed by atoms with Crippen molar-refractivity contribution in [2.45, 2.75) is 45.3 Å². The second kappa shape index (κ2) is 5.67. The van der Waals surface area contributed by atoms with Gasteiger partial charge in [0.25, 0.3) is 0 Å². The molecule has 3 nitrogen and oxygen atoms in total. The molecule has 96 valence electrons. The molecular formula is C14H23NO2. The van der Waals surface area contributed by atoms with Crippen molar-refractivity contribution in [3.63, 3.8) is 0 Å². The largest absolute Gasteiger partial charge is 0.446 e. The Morgan fingerprint density at radius 3 is 3.00 bits per heavy atom. The van der Waals surface area contributed by atoms with E-state index in [-0.39, 0.29) is 12.2 Å². The van der Waals surface area contributed by atoms with Gasteiger partial charge in [-0.3, -0.25) is 9.69 Å². The molecule has 3 rings (SSSR count). The molecule has 3 saturated heterocycles. The predicted octanol–water partition coefficient (Wildman–Crippen LogP) is 2.57. The van der Waals surface area contributed by atoms with E-state index >= 15 is 0 Å². The average Bonchev–Trinajstić information content (AvgIpc) is 2.37. The summed E-state index contributed by atoms with van der Waals surface area (Å²) in [6.45, 7) is 8.07.